The number of amides is 1. The van der Waals surface area contributed by atoms with Gasteiger partial charge in [0.05, 0.1) is 18.1 Å². The van der Waals surface area contributed by atoms with Crippen molar-refractivity contribution in [3.05, 3.63) is 36.7 Å². The lowest BCUT2D eigenvalue weighted by atomic mass is 9.85. The molecule has 118 valence electrons. The Balaban J connectivity index is 0.00000176. The highest BCUT2D eigenvalue weighted by molar-refractivity contribution is 5.92. The molecule has 1 aromatic carbocycles. The van der Waals surface area contributed by atoms with E-state index in [0.717, 1.165) is 37.1 Å². The third kappa shape index (κ3) is 3.84. The molecule has 1 saturated carbocycles. The molecule has 1 amide bonds. The van der Waals surface area contributed by atoms with E-state index in [2.05, 4.69) is 15.6 Å². The summed E-state index contributed by atoms with van der Waals surface area (Å²) in [5, 5.41) is 10.7. The maximum Gasteiger partial charge on any atom is 0.227 e. The van der Waals surface area contributed by atoms with Crippen molar-refractivity contribution < 1.29 is 4.79 Å². The van der Waals surface area contributed by atoms with E-state index in [1.165, 1.54) is 0 Å². The predicted octanol–water partition coefficient (Wildman–Crippen LogP) is 2.15. The van der Waals surface area contributed by atoms with Crippen molar-refractivity contribution in [3.63, 3.8) is 0 Å². The third-order valence-electron chi connectivity index (χ3n) is 3.91. The second-order valence-corrected chi connectivity index (χ2v) is 5.51. The van der Waals surface area contributed by atoms with Crippen LogP contribution in [0.2, 0.25) is 0 Å². The van der Waals surface area contributed by atoms with Gasteiger partial charge in [-0.15, -0.1) is 17.5 Å². The van der Waals surface area contributed by atoms with E-state index in [4.69, 9.17) is 5.73 Å². The molecular formula is C15H20ClN5O. The number of anilines is 1. The van der Waals surface area contributed by atoms with Gasteiger partial charge in [0.2, 0.25) is 5.91 Å². The monoisotopic (exact) mass is 321 g/mol. The third-order valence-corrected chi connectivity index (χ3v) is 3.91. The van der Waals surface area contributed by atoms with Gasteiger partial charge in [-0.2, -0.15) is 0 Å². The number of hydrogen-bond donors (Lipinski definition) is 2. The smallest absolute Gasteiger partial charge is 0.227 e. The number of nitrogens with two attached hydrogens (primary N) is 1. The summed E-state index contributed by atoms with van der Waals surface area (Å²) in [6, 6.07) is 7.70. The molecule has 0 bridgehead atoms. The summed E-state index contributed by atoms with van der Waals surface area (Å²) in [6.07, 6.45) is 7.17. The van der Waals surface area contributed by atoms with Crippen LogP contribution in [0.5, 0.6) is 0 Å². The average Bonchev–Trinajstić information content (AvgIpc) is 3.02. The van der Waals surface area contributed by atoms with Gasteiger partial charge in [-0.05, 0) is 43.5 Å². The van der Waals surface area contributed by atoms with Crippen LogP contribution in [0.4, 0.5) is 5.69 Å². The molecule has 3 rings (SSSR count). The largest absolute Gasteiger partial charge is 0.328 e. The van der Waals surface area contributed by atoms with Crippen molar-refractivity contribution in [2.75, 3.05) is 5.32 Å². The van der Waals surface area contributed by atoms with Crippen LogP contribution in [0.1, 0.15) is 25.7 Å². The molecule has 2 unspecified atom stereocenters. The number of carbonyl (C=O) groups is 1. The number of hydrogen-bond acceptors (Lipinski definition) is 4. The SMILES string of the molecule is Cl.NC1CCCC(C(=O)Nc2ccc(-n3ccnn3)cc2)C1. The van der Waals surface area contributed by atoms with Crippen LogP contribution in [0.3, 0.4) is 0 Å². The molecule has 6 nitrogen and oxygen atoms in total. The molecule has 1 fully saturated rings. The van der Waals surface area contributed by atoms with Gasteiger partial charge in [0, 0.05) is 17.6 Å². The highest BCUT2D eigenvalue weighted by Gasteiger charge is 2.25. The summed E-state index contributed by atoms with van der Waals surface area (Å²) in [4.78, 5) is 12.2. The Kier molecular flexibility index (Phi) is 5.51. The minimum Gasteiger partial charge on any atom is -0.328 e. The lowest BCUT2D eigenvalue weighted by Gasteiger charge is -2.25. The molecule has 0 aliphatic heterocycles. The molecule has 1 heterocycles. The molecule has 3 N–H and O–H groups in total. The van der Waals surface area contributed by atoms with Crippen molar-refractivity contribution in [2.24, 2.45) is 11.7 Å². The topological polar surface area (TPSA) is 85.8 Å². The Morgan fingerprint density at radius 2 is 2.05 bits per heavy atom. The summed E-state index contributed by atoms with van der Waals surface area (Å²) < 4.78 is 1.67. The zero-order valence-electron chi connectivity index (χ0n) is 12.2. The van der Waals surface area contributed by atoms with Crippen molar-refractivity contribution >= 4 is 24.0 Å². The predicted molar refractivity (Wildman–Crippen MR) is 87.2 cm³/mol. The number of carbonyl (C=O) groups excluding carboxylic acids is 1. The molecule has 0 saturated heterocycles. The van der Waals surface area contributed by atoms with Gasteiger partial charge in [-0.3, -0.25) is 4.79 Å². The van der Waals surface area contributed by atoms with Crippen LogP contribution in [-0.2, 0) is 4.79 Å². The van der Waals surface area contributed by atoms with E-state index in [-0.39, 0.29) is 30.3 Å². The molecule has 0 radical (unpaired) electrons. The Labute approximate surface area is 135 Å². The Hall–Kier alpha value is -1.92. The average molecular weight is 322 g/mol. The van der Waals surface area contributed by atoms with E-state index in [9.17, 15) is 4.79 Å². The molecule has 1 aliphatic rings. The Morgan fingerprint density at radius 3 is 2.68 bits per heavy atom. The van der Waals surface area contributed by atoms with Gasteiger partial charge < -0.3 is 11.1 Å². The highest BCUT2D eigenvalue weighted by Crippen LogP contribution is 2.24. The van der Waals surface area contributed by atoms with Gasteiger partial charge in [-0.1, -0.05) is 11.6 Å². The quantitative estimate of drug-likeness (QED) is 0.907. The maximum atomic E-state index is 12.2. The zero-order chi connectivity index (χ0) is 14.7. The number of rotatable bonds is 3. The minimum absolute atomic E-state index is 0. The fraction of sp³-hybridized carbons (Fsp3) is 0.400. The van der Waals surface area contributed by atoms with Crippen molar-refractivity contribution in [3.8, 4) is 5.69 Å². The van der Waals surface area contributed by atoms with E-state index in [0.29, 0.717) is 0 Å². The number of nitrogens with zero attached hydrogens (tertiary/aromatic N) is 3. The van der Waals surface area contributed by atoms with Gasteiger partial charge in [0.1, 0.15) is 0 Å². The first-order chi connectivity index (χ1) is 10.2. The molecule has 1 aliphatic carbocycles. The summed E-state index contributed by atoms with van der Waals surface area (Å²) in [5.41, 5.74) is 7.64. The van der Waals surface area contributed by atoms with E-state index < -0.39 is 0 Å². The molecule has 22 heavy (non-hydrogen) atoms. The van der Waals surface area contributed by atoms with Crippen LogP contribution in [0.25, 0.3) is 5.69 Å². The van der Waals surface area contributed by atoms with Gasteiger partial charge in [0.15, 0.2) is 0 Å². The van der Waals surface area contributed by atoms with Crippen molar-refractivity contribution in [2.45, 2.75) is 31.7 Å². The van der Waals surface area contributed by atoms with Gasteiger partial charge in [-0.25, -0.2) is 4.68 Å². The fourth-order valence-corrected chi connectivity index (χ4v) is 2.75. The molecule has 7 heteroatoms. The van der Waals surface area contributed by atoms with Crippen molar-refractivity contribution in [1.29, 1.82) is 0 Å². The van der Waals surface area contributed by atoms with Crippen LogP contribution in [0.15, 0.2) is 36.7 Å². The normalized spacial score (nSPS) is 21.0. The van der Waals surface area contributed by atoms with Crippen LogP contribution >= 0.6 is 12.4 Å². The Bertz CT molecular complexity index is 599. The van der Waals surface area contributed by atoms with Gasteiger partial charge >= 0.3 is 0 Å². The first-order valence-corrected chi connectivity index (χ1v) is 7.25. The number of halogens is 1. The summed E-state index contributed by atoms with van der Waals surface area (Å²) >= 11 is 0. The second kappa shape index (κ2) is 7.38. The van der Waals surface area contributed by atoms with Crippen LogP contribution in [-0.4, -0.2) is 26.9 Å². The maximum absolute atomic E-state index is 12.2. The van der Waals surface area contributed by atoms with E-state index in [1.54, 1.807) is 17.1 Å². The standard InChI is InChI=1S/C15H19N5O.ClH/c16-12-3-1-2-11(10-12)15(21)18-13-4-6-14(7-5-13)20-9-8-17-19-20;/h4-9,11-12H,1-3,10,16H2,(H,18,21);1H. The number of aromatic nitrogens is 3. The second-order valence-electron chi connectivity index (χ2n) is 5.51. The molecule has 1 aromatic heterocycles. The number of benzene rings is 1. The first-order valence-electron chi connectivity index (χ1n) is 7.25. The lowest BCUT2D eigenvalue weighted by molar-refractivity contribution is -0.120. The van der Waals surface area contributed by atoms with Crippen molar-refractivity contribution in [1.82, 2.24) is 15.0 Å². The molecule has 2 aromatic rings. The zero-order valence-corrected chi connectivity index (χ0v) is 13.0. The van der Waals surface area contributed by atoms with E-state index >= 15 is 0 Å². The van der Waals surface area contributed by atoms with E-state index in [1.807, 2.05) is 24.3 Å². The summed E-state index contributed by atoms with van der Waals surface area (Å²) in [5.74, 6) is 0.0994. The van der Waals surface area contributed by atoms with Gasteiger partial charge in [0.25, 0.3) is 0 Å². The number of nitrogens with one attached hydrogen (secondary N) is 1. The molecular weight excluding hydrogens is 302 g/mol. The fourth-order valence-electron chi connectivity index (χ4n) is 2.75. The lowest BCUT2D eigenvalue weighted by Crippen LogP contribution is -2.34. The highest BCUT2D eigenvalue weighted by atomic mass is 35.5. The molecule has 0 spiro atoms. The molecule has 2 atom stereocenters. The minimum atomic E-state index is 0. The van der Waals surface area contributed by atoms with Crippen LogP contribution in [0, 0.1) is 5.92 Å². The first kappa shape index (κ1) is 16.5. The summed E-state index contributed by atoms with van der Waals surface area (Å²) in [7, 11) is 0. The van der Waals surface area contributed by atoms with Crippen LogP contribution < -0.4 is 11.1 Å². The Morgan fingerprint density at radius 1 is 1.27 bits per heavy atom. The summed E-state index contributed by atoms with van der Waals surface area (Å²) in [6.45, 7) is 0.